The van der Waals surface area contributed by atoms with E-state index in [1.54, 1.807) is 0 Å². The molecule has 8 heavy (non-hydrogen) atoms. The van der Waals surface area contributed by atoms with Crippen molar-refractivity contribution in [3.8, 4) is 11.8 Å². The van der Waals surface area contributed by atoms with Crippen LogP contribution in [0, 0.1) is 11.8 Å². The average Bonchev–Trinajstić information content (AvgIpc) is 1.83. The van der Waals surface area contributed by atoms with E-state index in [1.165, 1.54) is 0 Å². The third-order valence-electron chi connectivity index (χ3n) is 1.07. The Hall–Kier alpha value is -0.480. The SMILES string of the molecule is CC#CCN(C)CC. The van der Waals surface area contributed by atoms with Gasteiger partial charge in [0.25, 0.3) is 0 Å². The Morgan fingerprint density at radius 2 is 2.12 bits per heavy atom. The van der Waals surface area contributed by atoms with E-state index in [0.717, 1.165) is 13.1 Å². The van der Waals surface area contributed by atoms with Crippen molar-refractivity contribution >= 4 is 0 Å². The lowest BCUT2D eigenvalue weighted by atomic mass is 10.5. The number of hydrogen-bond donors (Lipinski definition) is 0. The third-order valence-corrected chi connectivity index (χ3v) is 1.07. The summed E-state index contributed by atoms with van der Waals surface area (Å²) < 4.78 is 0. The lowest BCUT2D eigenvalue weighted by Crippen LogP contribution is -2.17. The summed E-state index contributed by atoms with van der Waals surface area (Å²) in [6.07, 6.45) is 0. The lowest BCUT2D eigenvalue weighted by Gasteiger charge is -2.06. The highest BCUT2D eigenvalue weighted by Crippen LogP contribution is 1.75. The summed E-state index contributed by atoms with van der Waals surface area (Å²) in [5.74, 6) is 5.82. The van der Waals surface area contributed by atoms with Crippen molar-refractivity contribution in [2.24, 2.45) is 0 Å². The molecule has 0 spiro atoms. The van der Waals surface area contributed by atoms with Gasteiger partial charge in [-0.3, -0.25) is 4.90 Å². The number of hydrogen-bond acceptors (Lipinski definition) is 1. The fourth-order valence-corrected chi connectivity index (χ4v) is 0.326. The van der Waals surface area contributed by atoms with Gasteiger partial charge in [-0.05, 0) is 20.5 Å². The van der Waals surface area contributed by atoms with E-state index in [4.69, 9.17) is 0 Å². The second kappa shape index (κ2) is 4.67. The van der Waals surface area contributed by atoms with Crippen molar-refractivity contribution in [2.45, 2.75) is 13.8 Å². The second-order valence-corrected chi connectivity index (χ2v) is 1.76. The van der Waals surface area contributed by atoms with Crippen LogP contribution in [0.1, 0.15) is 13.8 Å². The molecule has 0 heterocycles. The largest absolute Gasteiger partial charge is 0.296 e. The molecule has 0 aliphatic carbocycles. The highest BCUT2D eigenvalue weighted by atomic mass is 15.1. The quantitative estimate of drug-likeness (QED) is 0.480. The molecule has 0 radical (unpaired) electrons. The molecule has 0 N–H and O–H groups in total. The molecule has 0 aliphatic rings. The Morgan fingerprint density at radius 1 is 1.50 bits per heavy atom. The molecule has 1 heteroatoms. The molecule has 0 amide bonds. The summed E-state index contributed by atoms with van der Waals surface area (Å²) in [5.41, 5.74) is 0. The van der Waals surface area contributed by atoms with Gasteiger partial charge in [0.1, 0.15) is 0 Å². The minimum atomic E-state index is 0.896. The first-order valence-electron chi connectivity index (χ1n) is 2.89. The van der Waals surface area contributed by atoms with Crippen molar-refractivity contribution < 1.29 is 0 Å². The zero-order chi connectivity index (χ0) is 6.41. The number of rotatable bonds is 2. The van der Waals surface area contributed by atoms with Gasteiger partial charge in [0.05, 0.1) is 6.54 Å². The van der Waals surface area contributed by atoms with Gasteiger partial charge in [-0.25, -0.2) is 0 Å². The van der Waals surface area contributed by atoms with Crippen molar-refractivity contribution in [1.29, 1.82) is 0 Å². The Labute approximate surface area is 51.7 Å². The average molecular weight is 111 g/mol. The number of nitrogens with zero attached hydrogens (tertiary/aromatic N) is 1. The monoisotopic (exact) mass is 111 g/mol. The van der Waals surface area contributed by atoms with E-state index in [-0.39, 0.29) is 0 Å². The first-order valence-corrected chi connectivity index (χ1v) is 2.89. The molecule has 1 nitrogen and oxygen atoms in total. The second-order valence-electron chi connectivity index (χ2n) is 1.76. The maximum atomic E-state index is 2.97. The smallest absolute Gasteiger partial charge is 0.0598 e. The zero-order valence-corrected chi connectivity index (χ0v) is 5.86. The van der Waals surface area contributed by atoms with Gasteiger partial charge in [-0.1, -0.05) is 12.8 Å². The van der Waals surface area contributed by atoms with Crippen LogP contribution in [0.15, 0.2) is 0 Å². The van der Waals surface area contributed by atoms with Gasteiger partial charge in [0, 0.05) is 0 Å². The summed E-state index contributed by atoms with van der Waals surface area (Å²) >= 11 is 0. The predicted octanol–water partition coefficient (Wildman–Crippen LogP) is 0.961. The third kappa shape index (κ3) is 3.70. The summed E-state index contributed by atoms with van der Waals surface area (Å²) in [4.78, 5) is 2.16. The molecular weight excluding hydrogens is 98.1 g/mol. The summed E-state index contributed by atoms with van der Waals surface area (Å²) in [6, 6.07) is 0. The van der Waals surface area contributed by atoms with Gasteiger partial charge in [0.15, 0.2) is 0 Å². The predicted molar refractivity (Wildman–Crippen MR) is 36.6 cm³/mol. The fourth-order valence-electron chi connectivity index (χ4n) is 0.326. The molecule has 0 bridgehead atoms. The van der Waals surface area contributed by atoms with Gasteiger partial charge in [-0.2, -0.15) is 0 Å². The van der Waals surface area contributed by atoms with Crippen LogP contribution in [0.3, 0.4) is 0 Å². The minimum absolute atomic E-state index is 0.896. The van der Waals surface area contributed by atoms with Crippen LogP contribution < -0.4 is 0 Å². The molecule has 0 fully saturated rings. The van der Waals surface area contributed by atoms with Crippen LogP contribution >= 0.6 is 0 Å². The van der Waals surface area contributed by atoms with Gasteiger partial charge in [0.2, 0.25) is 0 Å². The maximum Gasteiger partial charge on any atom is 0.0598 e. The molecule has 0 saturated heterocycles. The van der Waals surface area contributed by atoms with Gasteiger partial charge >= 0.3 is 0 Å². The van der Waals surface area contributed by atoms with Crippen LogP contribution in [-0.2, 0) is 0 Å². The molecule has 0 unspecified atom stereocenters. The molecule has 0 aromatic rings. The Kier molecular flexibility index (Phi) is 4.39. The molecule has 0 aromatic heterocycles. The Bertz CT molecular complexity index is 96.7. The van der Waals surface area contributed by atoms with E-state index in [2.05, 4.69) is 30.7 Å². The summed E-state index contributed by atoms with van der Waals surface area (Å²) in [7, 11) is 2.06. The van der Waals surface area contributed by atoms with Crippen molar-refractivity contribution in [2.75, 3.05) is 20.1 Å². The molecule has 0 aliphatic heterocycles. The van der Waals surface area contributed by atoms with E-state index in [1.807, 2.05) is 6.92 Å². The molecule has 0 saturated carbocycles. The zero-order valence-electron chi connectivity index (χ0n) is 5.86. The molecule has 0 rings (SSSR count). The van der Waals surface area contributed by atoms with Crippen LogP contribution in [0.4, 0.5) is 0 Å². The molecule has 0 atom stereocenters. The minimum Gasteiger partial charge on any atom is -0.296 e. The summed E-state index contributed by atoms with van der Waals surface area (Å²) in [5, 5.41) is 0. The molecular formula is C7H13N. The van der Waals surface area contributed by atoms with Gasteiger partial charge in [-0.15, -0.1) is 5.92 Å². The molecule has 46 valence electrons. The normalized spacial score (nSPS) is 8.50. The Morgan fingerprint density at radius 3 is 2.50 bits per heavy atom. The van der Waals surface area contributed by atoms with E-state index in [9.17, 15) is 0 Å². The standard InChI is InChI=1S/C7H13N/c1-4-6-7-8(3)5-2/h5,7H2,1-3H3. The lowest BCUT2D eigenvalue weighted by molar-refractivity contribution is 0.398. The van der Waals surface area contributed by atoms with Crippen molar-refractivity contribution in [3.63, 3.8) is 0 Å². The fraction of sp³-hybridized carbons (Fsp3) is 0.714. The van der Waals surface area contributed by atoms with Crippen LogP contribution in [0.2, 0.25) is 0 Å². The van der Waals surface area contributed by atoms with E-state index < -0.39 is 0 Å². The highest BCUT2D eigenvalue weighted by molar-refractivity contribution is 4.96. The maximum absolute atomic E-state index is 2.97. The Balaban J connectivity index is 3.19. The topological polar surface area (TPSA) is 3.24 Å². The van der Waals surface area contributed by atoms with Crippen LogP contribution in [-0.4, -0.2) is 25.0 Å². The first-order chi connectivity index (χ1) is 3.81. The first kappa shape index (κ1) is 7.52. The summed E-state index contributed by atoms with van der Waals surface area (Å²) in [6.45, 7) is 5.96. The van der Waals surface area contributed by atoms with Crippen LogP contribution in [0.25, 0.3) is 0 Å². The van der Waals surface area contributed by atoms with Crippen LogP contribution in [0.5, 0.6) is 0 Å². The van der Waals surface area contributed by atoms with Crippen molar-refractivity contribution in [1.82, 2.24) is 4.90 Å². The van der Waals surface area contributed by atoms with E-state index in [0.29, 0.717) is 0 Å². The van der Waals surface area contributed by atoms with E-state index >= 15 is 0 Å². The molecule has 0 aromatic carbocycles. The van der Waals surface area contributed by atoms with Gasteiger partial charge < -0.3 is 0 Å². The van der Waals surface area contributed by atoms with Crippen molar-refractivity contribution in [3.05, 3.63) is 0 Å². The highest BCUT2D eigenvalue weighted by Gasteiger charge is 1.85.